The predicted octanol–water partition coefficient (Wildman–Crippen LogP) is 2.84. The number of carbonyl (C=O) groups excluding carboxylic acids is 3. The van der Waals surface area contributed by atoms with Crippen molar-refractivity contribution in [3.63, 3.8) is 0 Å². The first-order valence-electron chi connectivity index (χ1n) is 14.5. The minimum Gasteiger partial charge on any atom is -0.496 e. The second-order valence-corrected chi connectivity index (χ2v) is 12.9. The molecule has 11 nitrogen and oxygen atoms in total. The number of anilines is 2. The summed E-state index contributed by atoms with van der Waals surface area (Å²) in [6.07, 6.45) is 1.13. The summed E-state index contributed by atoms with van der Waals surface area (Å²) in [6, 6.07) is 23.2. The lowest BCUT2D eigenvalue weighted by Crippen LogP contribution is -2.57. The van der Waals surface area contributed by atoms with Gasteiger partial charge in [-0.2, -0.15) is 4.31 Å². The minimum atomic E-state index is -3.82. The van der Waals surface area contributed by atoms with Crippen molar-refractivity contribution in [1.82, 2.24) is 14.5 Å². The molecule has 2 fully saturated rings. The minimum absolute atomic E-state index is 0.0987. The number of piperidine rings is 1. The third-order valence-electron chi connectivity index (χ3n) is 8.19. The summed E-state index contributed by atoms with van der Waals surface area (Å²) >= 11 is 0. The molecule has 3 aromatic rings. The average molecular weight is 620 g/mol. The van der Waals surface area contributed by atoms with Gasteiger partial charge in [0.15, 0.2) is 0 Å². The van der Waals surface area contributed by atoms with Crippen LogP contribution in [-0.4, -0.2) is 80.8 Å². The highest BCUT2D eigenvalue weighted by molar-refractivity contribution is 7.89. The number of rotatable bonds is 10. The number of nitrogens with zero attached hydrogens (tertiary/aromatic N) is 3. The maximum atomic E-state index is 14.0. The van der Waals surface area contributed by atoms with E-state index in [2.05, 4.69) is 10.6 Å². The fourth-order valence-electron chi connectivity index (χ4n) is 5.96. The molecule has 5 rings (SSSR count). The van der Waals surface area contributed by atoms with Crippen molar-refractivity contribution in [1.29, 1.82) is 0 Å². The summed E-state index contributed by atoms with van der Waals surface area (Å²) in [5, 5.41) is 5.55. The average Bonchev–Trinajstić information content (AvgIpc) is 3.28. The molecule has 3 aromatic carbocycles. The highest BCUT2D eigenvalue weighted by Crippen LogP contribution is 2.40. The van der Waals surface area contributed by atoms with Crippen molar-refractivity contribution in [3.05, 3.63) is 84.4 Å². The predicted molar refractivity (Wildman–Crippen MR) is 167 cm³/mol. The Bertz CT molecular complexity index is 1610. The molecule has 0 unspecified atom stereocenters. The van der Waals surface area contributed by atoms with Gasteiger partial charge in [0, 0.05) is 37.9 Å². The lowest BCUT2D eigenvalue weighted by Gasteiger charge is -2.42. The summed E-state index contributed by atoms with van der Waals surface area (Å²) in [7, 11) is -2.21. The molecule has 2 saturated heterocycles. The fraction of sp³-hybridized carbons (Fsp3) is 0.344. The van der Waals surface area contributed by atoms with Gasteiger partial charge >= 0.3 is 0 Å². The molecule has 0 bridgehead atoms. The largest absolute Gasteiger partial charge is 0.496 e. The molecule has 2 heterocycles. The lowest BCUT2D eigenvalue weighted by molar-refractivity contribution is -0.137. The topological polar surface area (TPSA) is 128 Å². The van der Waals surface area contributed by atoms with Gasteiger partial charge in [0.25, 0.3) is 0 Å². The van der Waals surface area contributed by atoms with Gasteiger partial charge in [0.2, 0.25) is 27.7 Å². The first-order chi connectivity index (χ1) is 21.1. The van der Waals surface area contributed by atoms with Gasteiger partial charge in [0.1, 0.15) is 17.8 Å². The van der Waals surface area contributed by atoms with Gasteiger partial charge in [-0.3, -0.25) is 14.4 Å². The third-order valence-corrected chi connectivity index (χ3v) is 10.1. The van der Waals surface area contributed by atoms with E-state index in [-0.39, 0.29) is 61.8 Å². The second-order valence-electron chi connectivity index (χ2n) is 11.0. The van der Waals surface area contributed by atoms with Crippen LogP contribution >= 0.6 is 0 Å². The lowest BCUT2D eigenvalue weighted by atomic mass is 9.86. The number of amides is 3. The highest BCUT2D eigenvalue weighted by atomic mass is 32.2. The molecule has 3 amide bonds. The zero-order valence-corrected chi connectivity index (χ0v) is 25.7. The molecule has 12 heteroatoms. The summed E-state index contributed by atoms with van der Waals surface area (Å²) < 4.78 is 33.7. The molecule has 0 aliphatic carbocycles. The molecular weight excluding hydrogens is 582 g/mol. The fourth-order valence-corrected chi connectivity index (χ4v) is 7.40. The molecule has 0 saturated carbocycles. The Morgan fingerprint density at radius 1 is 0.932 bits per heavy atom. The number of sulfonamides is 1. The number of nitrogens with one attached hydrogen (secondary N) is 2. The first kappa shape index (κ1) is 31.0. The Hall–Kier alpha value is -4.42. The van der Waals surface area contributed by atoms with Crippen molar-refractivity contribution in [2.75, 3.05) is 50.2 Å². The zero-order valence-electron chi connectivity index (χ0n) is 24.9. The van der Waals surface area contributed by atoms with E-state index >= 15 is 0 Å². The van der Waals surface area contributed by atoms with Crippen LogP contribution in [0.15, 0.2) is 83.8 Å². The maximum absolute atomic E-state index is 14.0. The molecule has 0 atom stereocenters. The van der Waals surface area contributed by atoms with Crippen LogP contribution in [0.4, 0.5) is 11.4 Å². The summed E-state index contributed by atoms with van der Waals surface area (Å²) in [5.41, 5.74) is 1.35. The Kier molecular flexibility index (Phi) is 9.21. The van der Waals surface area contributed by atoms with Gasteiger partial charge < -0.3 is 25.2 Å². The van der Waals surface area contributed by atoms with E-state index in [0.717, 1.165) is 17.0 Å². The van der Waals surface area contributed by atoms with Crippen molar-refractivity contribution < 1.29 is 27.5 Å². The Morgan fingerprint density at radius 2 is 1.59 bits per heavy atom. The van der Waals surface area contributed by atoms with E-state index in [0.29, 0.717) is 18.7 Å². The van der Waals surface area contributed by atoms with Crippen LogP contribution in [0.1, 0.15) is 25.3 Å². The highest BCUT2D eigenvalue weighted by Gasteiger charge is 2.55. The van der Waals surface area contributed by atoms with Gasteiger partial charge in [-0.15, -0.1) is 0 Å². The van der Waals surface area contributed by atoms with Crippen LogP contribution in [0.2, 0.25) is 0 Å². The number of carbonyl (C=O) groups is 3. The van der Waals surface area contributed by atoms with E-state index in [4.69, 9.17) is 4.74 Å². The van der Waals surface area contributed by atoms with Gasteiger partial charge in [-0.1, -0.05) is 36.4 Å². The Morgan fingerprint density at radius 3 is 2.25 bits per heavy atom. The van der Waals surface area contributed by atoms with Crippen LogP contribution in [-0.2, 0) is 30.8 Å². The van der Waals surface area contributed by atoms with Crippen molar-refractivity contribution in [3.8, 4) is 5.75 Å². The van der Waals surface area contributed by atoms with Crippen LogP contribution in [0.5, 0.6) is 5.75 Å². The summed E-state index contributed by atoms with van der Waals surface area (Å²) in [5.74, 6) is 0.0664. The molecule has 0 radical (unpaired) electrons. The number of benzene rings is 3. The number of hydrogen-bond donors (Lipinski definition) is 2. The smallest absolute Gasteiger partial charge is 0.250 e. The van der Waals surface area contributed by atoms with E-state index in [1.165, 1.54) is 23.4 Å². The van der Waals surface area contributed by atoms with E-state index in [1.807, 2.05) is 59.5 Å². The van der Waals surface area contributed by atoms with E-state index in [1.54, 1.807) is 24.1 Å². The summed E-state index contributed by atoms with van der Waals surface area (Å²) in [4.78, 5) is 42.0. The third kappa shape index (κ3) is 6.41. The zero-order chi connectivity index (χ0) is 31.3. The van der Waals surface area contributed by atoms with Gasteiger partial charge in [0.05, 0.1) is 18.7 Å². The van der Waals surface area contributed by atoms with Crippen LogP contribution in [0.25, 0.3) is 0 Å². The molecule has 1 spiro atoms. The van der Waals surface area contributed by atoms with Crippen molar-refractivity contribution in [2.24, 2.45) is 0 Å². The van der Waals surface area contributed by atoms with E-state index < -0.39 is 15.6 Å². The first-order valence-corrected chi connectivity index (χ1v) is 16.0. The molecule has 0 aromatic heterocycles. The SMILES string of the molecule is COc1ccccc1CCNC(=O)CN1CN(c2ccccc2)C2(CCN(S(=O)(=O)c3ccc(NC(C)=O)cc3)CC2)C1=O. The van der Waals surface area contributed by atoms with Crippen LogP contribution in [0.3, 0.4) is 0 Å². The Balaban J connectivity index is 1.27. The number of ether oxygens (including phenoxy) is 1. The van der Waals surface area contributed by atoms with Crippen molar-refractivity contribution >= 4 is 39.1 Å². The van der Waals surface area contributed by atoms with Crippen LogP contribution < -0.4 is 20.3 Å². The molecular formula is C32H37N5O6S. The Labute approximate surface area is 257 Å². The van der Waals surface area contributed by atoms with Gasteiger partial charge in [-0.25, -0.2) is 8.42 Å². The molecule has 44 heavy (non-hydrogen) atoms. The molecule has 2 N–H and O–H groups in total. The molecule has 232 valence electrons. The quantitative estimate of drug-likeness (QED) is 0.357. The number of para-hydroxylation sites is 2. The number of hydrogen-bond acceptors (Lipinski definition) is 7. The standard InChI is InChI=1S/C32H37N5O6S/c1-24(38)34-26-12-14-28(15-13-26)44(41,42)36-20-17-32(18-21-36)31(40)35(23-37(32)27-9-4-3-5-10-27)22-30(39)33-19-16-25-8-6-7-11-29(25)43-2/h3-15H,16-23H2,1-2H3,(H,33,39)(H,34,38). The summed E-state index contributed by atoms with van der Waals surface area (Å²) in [6.45, 7) is 2.19. The second kappa shape index (κ2) is 13.1. The monoisotopic (exact) mass is 619 g/mol. The van der Waals surface area contributed by atoms with Gasteiger partial charge in [-0.05, 0) is 67.3 Å². The maximum Gasteiger partial charge on any atom is 0.250 e. The molecule has 2 aliphatic heterocycles. The number of methoxy groups -OCH3 is 1. The van der Waals surface area contributed by atoms with Crippen LogP contribution in [0, 0.1) is 0 Å². The van der Waals surface area contributed by atoms with Crippen molar-refractivity contribution in [2.45, 2.75) is 36.6 Å². The molecule has 2 aliphatic rings. The van der Waals surface area contributed by atoms with E-state index in [9.17, 15) is 22.8 Å². The normalized spacial score (nSPS) is 16.6.